The summed E-state index contributed by atoms with van der Waals surface area (Å²) in [6.07, 6.45) is 5.58. The van der Waals surface area contributed by atoms with Crippen molar-refractivity contribution in [1.82, 2.24) is 5.32 Å². The molecule has 0 aromatic heterocycles. The van der Waals surface area contributed by atoms with Gasteiger partial charge in [-0.3, -0.25) is 4.79 Å². The Hall–Kier alpha value is -1.00. The molecule has 1 amide bonds. The van der Waals surface area contributed by atoms with Gasteiger partial charge in [-0.25, -0.2) is 0 Å². The largest absolute Gasteiger partial charge is 0.396 e. The standard InChI is InChI=1S/C16H23NO2S/c18-9-3-10-20-11-8-17-16(19)15-7-6-13-4-1-2-5-14(13)12-15/h6-7,12,18H,1-5,8-11H2,(H,17,19). The monoisotopic (exact) mass is 293 g/mol. The van der Waals surface area contributed by atoms with E-state index in [1.165, 1.54) is 24.0 Å². The summed E-state index contributed by atoms with van der Waals surface area (Å²) >= 11 is 1.76. The minimum absolute atomic E-state index is 0.0288. The van der Waals surface area contributed by atoms with E-state index in [0.29, 0.717) is 6.54 Å². The lowest BCUT2D eigenvalue weighted by molar-refractivity contribution is 0.0956. The molecule has 2 N–H and O–H groups in total. The van der Waals surface area contributed by atoms with Gasteiger partial charge in [-0.15, -0.1) is 0 Å². The Labute approximate surface area is 125 Å². The van der Waals surface area contributed by atoms with Crippen molar-refractivity contribution >= 4 is 17.7 Å². The third kappa shape index (κ3) is 4.53. The first-order valence-electron chi connectivity index (χ1n) is 7.40. The molecular weight excluding hydrogens is 270 g/mol. The summed E-state index contributed by atoms with van der Waals surface area (Å²) in [6, 6.07) is 6.11. The number of thioether (sulfide) groups is 1. The van der Waals surface area contributed by atoms with Crippen molar-refractivity contribution in [2.75, 3.05) is 24.7 Å². The number of amides is 1. The molecule has 0 saturated carbocycles. The summed E-state index contributed by atoms with van der Waals surface area (Å²) in [6.45, 7) is 0.931. The number of rotatable bonds is 7. The van der Waals surface area contributed by atoms with E-state index in [2.05, 4.69) is 17.4 Å². The molecule has 1 aliphatic carbocycles. The average Bonchev–Trinajstić information content (AvgIpc) is 2.50. The number of carbonyl (C=O) groups is 1. The molecule has 20 heavy (non-hydrogen) atoms. The van der Waals surface area contributed by atoms with E-state index in [4.69, 9.17) is 5.11 Å². The smallest absolute Gasteiger partial charge is 0.251 e. The summed E-state index contributed by atoms with van der Waals surface area (Å²) in [5, 5.41) is 11.6. The van der Waals surface area contributed by atoms with Gasteiger partial charge in [0.05, 0.1) is 0 Å². The summed E-state index contributed by atoms with van der Waals surface area (Å²) in [7, 11) is 0. The molecule has 3 nitrogen and oxygen atoms in total. The predicted molar refractivity (Wildman–Crippen MR) is 84.4 cm³/mol. The Morgan fingerprint density at radius 2 is 2.00 bits per heavy atom. The lowest BCUT2D eigenvalue weighted by Gasteiger charge is -2.16. The van der Waals surface area contributed by atoms with Crippen molar-refractivity contribution in [3.05, 3.63) is 34.9 Å². The molecule has 1 aromatic rings. The maximum atomic E-state index is 12.1. The summed E-state index contributed by atoms with van der Waals surface area (Å²) in [5.74, 6) is 1.88. The molecule has 0 spiro atoms. The Kier molecular flexibility index (Phi) is 6.40. The molecule has 0 heterocycles. The van der Waals surface area contributed by atoms with Crippen molar-refractivity contribution in [1.29, 1.82) is 0 Å². The van der Waals surface area contributed by atoms with Crippen LogP contribution in [0.1, 0.15) is 40.7 Å². The van der Waals surface area contributed by atoms with Crippen LogP contribution >= 0.6 is 11.8 Å². The molecular formula is C16H23NO2S. The van der Waals surface area contributed by atoms with Crippen LogP contribution in [0.4, 0.5) is 0 Å². The van der Waals surface area contributed by atoms with Crippen LogP contribution in [0.15, 0.2) is 18.2 Å². The van der Waals surface area contributed by atoms with Crippen molar-refractivity contribution in [3.8, 4) is 0 Å². The fourth-order valence-electron chi connectivity index (χ4n) is 2.48. The van der Waals surface area contributed by atoms with Crippen LogP contribution in [0.5, 0.6) is 0 Å². The second kappa shape index (κ2) is 8.32. The number of aryl methyl sites for hydroxylation is 2. The van der Waals surface area contributed by atoms with Crippen LogP contribution in [-0.2, 0) is 12.8 Å². The molecule has 0 fully saturated rings. The topological polar surface area (TPSA) is 49.3 Å². The van der Waals surface area contributed by atoms with Crippen molar-refractivity contribution < 1.29 is 9.90 Å². The van der Waals surface area contributed by atoms with Crippen LogP contribution < -0.4 is 5.32 Å². The van der Waals surface area contributed by atoms with Crippen LogP contribution in [-0.4, -0.2) is 35.7 Å². The molecule has 0 aliphatic heterocycles. The molecule has 4 heteroatoms. The highest BCUT2D eigenvalue weighted by molar-refractivity contribution is 7.99. The van der Waals surface area contributed by atoms with Gasteiger partial charge < -0.3 is 10.4 Å². The number of benzene rings is 1. The Morgan fingerprint density at radius 3 is 2.80 bits per heavy atom. The zero-order valence-corrected chi connectivity index (χ0v) is 12.7. The molecule has 2 rings (SSSR count). The highest BCUT2D eigenvalue weighted by Gasteiger charge is 2.12. The number of fused-ring (bicyclic) bond motifs is 1. The van der Waals surface area contributed by atoms with E-state index in [0.717, 1.165) is 36.3 Å². The molecule has 0 atom stereocenters. The highest BCUT2D eigenvalue weighted by atomic mass is 32.2. The molecule has 110 valence electrons. The van der Waals surface area contributed by atoms with Gasteiger partial charge in [-0.2, -0.15) is 11.8 Å². The normalized spacial score (nSPS) is 13.8. The summed E-state index contributed by atoms with van der Waals surface area (Å²) < 4.78 is 0. The van der Waals surface area contributed by atoms with Crippen LogP contribution in [0.2, 0.25) is 0 Å². The predicted octanol–water partition coefficient (Wildman–Crippen LogP) is 2.41. The van der Waals surface area contributed by atoms with Crippen LogP contribution in [0.3, 0.4) is 0 Å². The third-order valence-corrected chi connectivity index (χ3v) is 4.66. The number of aliphatic hydroxyl groups excluding tert-OH is 1. The number of aliphatic hydroxyl groups is 1. The van der Waals surface area contributed by atoms with Gasteiger partial charge >= 0.3 is 0 Å². The molecule has 1 aromatic carbocycles. The van der Waals surface area contributed by atoms with Gasteiger partial charge in [0, 0.05) is 24.5 Å². The zero-order chi connectivity index (χ0) is 14.2. The van der Waals surface area contributed by atoms with Crippen LogP contribution in [0, 0.1) is 0 Å². The maximum Gasteiger partial charge on any atom is 0.251 e. The minimum Gasteiger partial charge on any atom is -0.396 e. The first kappa shape index (κ1) is 15.4. The fraction of sp³-hybridized carbons (Fsp3) is 0.562. The summed E-state index contributed by atoms with van der Waals surface area (Å²) in [5.41, 5.74) is 3.54. The molecule has 1 aliphatic rings. The van der Waals surface area contributed by atoms with Gasteiger partial charge in [-0.1, -0.05) is 6.07 Å². The van der Waals surface area contributed by atoms with Crippen molar-refractivity contribution in [2.24, 2.45) is 0 Å². The van der Waals surface area contributed by atoms with Crippen LogP contribution in [0.25, 0.3) is 0 Å². The van der Waals surface area contributed by atoms with Crippen molar-refractivity contribution in [3.63, 3.8) is 0 Å². The molecule has 0 bridgehead atoms. The quantitative estimate of drug-likeness (QED) is 0.759. The number of hydrogen-bond donors (Lipinski definition) is 2. The van der Waals surface area contributed by atoms with E-state index >= 15 is 0 Å². The first-order chi connectivity index (χ1) is 9.81. The number of carbonyl (C=O) groups excluding carboxylic acids is 1. The van der Waals surface area contributed by atoms with Crippen molar-refractivity contribution in [2.45, 2.75) is 32.1 Å². The van der Waals surface area contributed by atoms with E-state index in [9.17, 15) is 4.79 Å². The molecule has 0 saturated heterocycles. The molecule has 0 radical (unpaired) electrons. The lowest BCUT2D eigenvalue weighted by Crippen LogP contribution is -2.26. The minimum atomic E-state index is 0.0288. The van der Waals surface area contributed by atoms with E-state index in [1.807, 2.05) is 6.07 Å². The zero-order valence-electron chi connectivity index (χ0n) is 11.9. The van der Waals surface area contributed by atoms with E-state index in [1.54, 1.807) is 11.8 Å². The average molecular weight is 293 g/mol. The van der Waals surface area contributed by atoms with Gasteiger partial charge in [-0.05, 0) is 61.1 Å². The fourth-order valence-corrected chi connectivity index (χ4v) is 3.27. The Bertz CT molecular complexity index is 448. The maximum absolute atomic E-state index is 12.1. The summed E-state index contributed by atoms with van der Waals surface area (Å²) in [4.78, 5) is 12.1. The molecule has 0 unspecified atom stereocenters. The first-order valence-corrected chi connectivity index (χ1v) is 8.55. The van der Waals surface area contributed by atoms with E-state index < -0.39 is 0 Å². The van der Waals surface area contributed by atoms with Gasteiger partial charge in [0.1, 0.15) is 0 Å². The third-order valence-electron chi connectivity index (χ3n) is 3.59. The lowest BCUT2D eigenvalue weighted by atomic mass is 9.90. The number of nitrogens with one attached hydrogen (secondary N) is 1. The Morgan fingerprint density at radius 1 is 1.20 bits per heavy atom. The van der Waals surface area contributed by atoms with Gasteiger partial charge in [0.15, 0.2) is 0 Å². The highest BCUT2D eigenvalue weighted by Crippen LogP contribution is 2.22. The Balaban J connectivity index is 1.77. The SMILES string of the molecule is O=C(NCCSCCCO)c1ccc2c(c1)CCCC2. The second-order valence-electron chi connectivity index (χ2n) is 5.14. The number of hydrogen-bond acceptors (Lipinski definition) is 3. The van der Waals surface area contributed by atoms with Gasteiger partial charge in [0.25, 0.3) is 5.91 Å². The van der Waals surface area contributed by atoms with Gasteiger partial charge in [0.2, 0.25) is 0 Å². The second-order valence-corrected chi connectivity index (χ2v) is 6.36. The van der Waals surface area contributed by atoms with E-state index in [-0.39, 0.29) is 12.5 Å².